The van der Waals surface area contributed by atoms with Gasteiger partial charge in [-0.2, -0.15) is 0 Å². The number of thiazole rings is 1. The molecule has 0 aliphatic rings. The maximum absolute atomic E-state index is 4.73. The van der Waals surface area contributed by atoms with E-state index in [0.29, 0.717) is 6.04 Å². The maximum atomic E-state index is 4.73. The van der Waals surface area contributed by atoms with E-state index in [9.17, 15) is 0 Å². The highest BCUT2D eigenvalue weighted by atomic mass is 127. The van der Waals surface area contributed by atoms with Crippen LogP contribution in [0.2, 0.25) is 0 Å². The topological polar surface area (TPSA) is 24.9 Å². The Hall–Kier alpha value is -0.460. The minimum Gasteiger partial charge on any atom is -0.309 e. The van der Waals surface area contributed by atoms with Crippen molar-refractivity contribution >= 4 is 33.9 Å². The highest BCUT2D eigenvalue weighted by Gasteiger charge is 2.10. The van der Waals surface area contributed by atoms with Gasteiger partial charge < -0.3 is 5.32 Å². The third-order valence-corrected chi connectivity index (χ3v) is 4.32. The molecule has 18 heavy (non-hydrogen) atoms. The highest BCUT2D eigenvalue weighted by molar-refractivity contribution is 14.1. The first-order chi connectivity index (χ1) is 8.70. The molecule has 96 valence electrons. The molecule has 0 aliphatic heterocycles. The number of rotatable bonds is 5. The molecule has 0 aliphatic carbocycles. The molecule has 2 aromatic rings. The molecule has 4 heteroatoms. The van der Waals surface area contributed by atoms with Crippen molar-refractivity contribution in [3.63, 3.8) is 0 Å². The Bertz CT molecular complexity index is 510. The zero-order valence-electron chi connectivity index (χ0n) is 10.6. The SMILES string of the molecule is CCCNC(C)c1csc(-c2cccc(I)c2)n1. The minimum atomic E-state index is 0.331. The third kappa shape index (κ3) is 3.52. The number of hydrogen-bond donors (Lipinski definition) is 1. The fraction of sp³-hybridized carbons (Fsp3) is 0.357. The van der Waals surface area contributed by atoms with Crippen molar-refractivity contribution in [3.8, 4) is 10.6 Å². The number of aromatic nitrogens is 1. The average Bonchev–Trinajstić information content (AvgIpc) is 2.85. The largest absolute Gasteiger partial charge is 0.309 e. The van der Waals surface area contributed by atoms with E-state index in [1.807, 2.05) is 0 Å². The van der Waals surface area contributed by atoms with Crippen LogP contribution in [0.15, 0.2) is 29.6 Å². The molecule has 0 amide bonds. The summed E-state index contributed by atoms with van der Waals surface area (Å²) < 4.78 is 1.25. The van der Waals surface area contributed by atoms with Gasteiger partial charge in [-0.15, -0.1) is 11.3 Å². The van der Waals surface area contributed by atoms with Gasteiger partial charge in [-0.1, -0.05) is 19.1 Å². The lowest BCUT2D eigenvalue weighted by molar-refractivity contribution is 0.561. The standard InChI is InChI=1S/C14H17IN2S/c1-3-7-16-10(2)13-9-18-14(17-13)11-5-4-6-12(15)8-11/h4-6,8-10,16H,3,7H2,1-2H3. The van der Waals surface area contributed by atoms with E-state index in [0.717, 1.165) is 23.7 Å². The predicted octanol–water partition coefficient (Wildman–Crippen LogP) is 4.48. The van der Waals surface area contributed by atoms with Gasteiger partial charge in [0.15, 0.2) is 0 Å². The molecule has 1 heterocycles. The molecule has 1 aromatic carbocycles. The average molecular weight is 372 g/mol. The summed E-state index contributed by atoms with van der Waals surface area (Å²) in [4.78, 5) is 4.73. The Morgan fingerprint density at radius 3 is 3.00 bits per heavy atom. The zero-order valence-corrected chi connectivity index (χ0v) is 13.6. The molecule has 0 saturated heterocycles. The third-order valence-electron chi connectivity index (χ3n) is 2.74. The van der Waals surface area contributed by atoms with E-state index >= 15 is 0 Å². The molecule has 1 aromatic heterocycles. The number of benzene rings is 1. The molecular weight excluding hydrogens is 355 g/mol. The number of nitrogens with one attached hydrogen (secondary N) is 1. The summed E-state index contributed by atoms with van der Waals surface area (Å²) in [6.45, 7) is 5.39. The first kappa shape index (κ1) is 14.0. The van der Waals surface area contributed by atoms with E-state index in [-0.39, 0.29) is 0 Å². The second kappa shape index (κ2) is 6.63. The van der Waals surface area contributed by atoms with Crippen molar-refractivity contribution in [1.82, 2.24) is 10.3 Å². The molecule has 2 rings (SSSR count). The number of halogens is 1. The van der Waals surface area contributed by atoms with Crippen LogP contribution in [0.5, 0.6) is 0 Å². The van der Waals surface area contributed by atoms with Crippen LogP contribution in [0, 0.1) is 3.57 Å². The van der Waals surface area contributed by atoms with Gasteiger partial charge >= 0.3 is 0 Å². The normalized spacial score (nSPS) is 12.6. The van der Waals surface area contributed by atoms with E-state index in [4.69, 9.17) is 4.98 Å². The maximum Gasteiger partial charge on any atom is 0.123 e. The van der Waals surface area contributed by atoms with Crippen LogP contribution in [-0.2, 0) is 0 Å². The summed E-state index contributed by atoms with van der Waals surface area (Å²) in [6, 6.07) is 8.81. The summed E-state index contributed by atoms with van der Waals surface area (Å²) in [6.07, 6.45) is 1.15. The van der Waals surface area contributed by atoms with Gasteiger partial charge in [0.2, 0.25) is 0 Å². The van der Waals surface area contributed by atoms with Crippen LogP contribution >= 0.6 is 33.9 Å². The Balaban J connectivity index is 2.15. The molecule has 0 fully saturated rings. The summed E-state index contributed by atoms with van der Waals surface area (Å²) in [7, 11) is 0. The predicted molar refractivity (Wildman–Crippen MR) is 87.0 cm³/mol. The summed E-state index contributed by atoms with van der Waals surface area (Å²) >= 11 is 4.05. The van der Waals surface area contributed by atoms with Crippen LogP contribution in [0.4, 0.5) is 0 Å². The van der Waals surface area contributed by atoms with Crippen molar-refractivity contribution in [2.45, 2.75) is 26.3 Å². The monoisotopic (exact) mass is 372 g/mol. The van der Waals surface area contributed by atoms with Gasteiger partial charge in [0.05, 0.1) is 5.69 Å². The zero-order chi connectivity index (χ0) is 13.0. The van der Waals surface area contributed by atoms with Gasteiger partial charge in [0.1, 0.15) is 5.01 Å². The van der Waals surface area contributed by atoms with E-state index < -0.39 is 0 Å². The lowest BCUT2D eigenvalue weighted by Gasteiger charge is -2.09. The molecule has 1 unspecified atom stereocenters. The molecule has 0 bridgehead atoms. The summed E-state index contributed by atoms with van der Waals surface area (Å²) in [5.41, 5.74) is 2.35. The van der Waals surface area contributed by atoms with Gasteiger partial charge in [-0.05, 0) is 54.6 Å². The van der Waals surface area contributed by atoms with Crippen LogP contribution in [-0.4, -0.2) is 11.5 Å². The summed E-state index contributed by atoms with van der Waals surface area (Å²) in [5.74, 6) is 0. The lowest BCUT2D eigenvalue weighted by atomic mass is 10.2. The van der Waals surface area contributed by atoms with Gasteiger partial charge in [-0.25, -0.2) is 4.98 Å². The molecular formula is C14H17IN2S. The lowest BCUT2D eigenvalue weighted by Crippen LogP contribution is -2.19. The Morgan fingerprint density at radius 1 is 1.44 bits per heavy atom. The highest BCUT2D eigenvalue weighted by Crippen LogP contribution is 2.27. The van der Waals surface area contributed by atoms with Crippen molar-refractivity contribution in [3.05, 3.63) is 38.9 Å². The molecule has 0 saturated carbocycles. The molecule has 1 atom stereocenters. The smallest absolute Gasteiger partial charge is 0.123 e. The molecule has 2 nitrogen and oxygen atoms in total. The van der Waals surface area contributed by atoms with Crippen LogP contribution in [0.1, 0.15) is 32.0 Å². The molecule has 1 N–H and O–H groups in total. The number of nitrogens with zero attached hydrogens (tertiary/aromatic N) is 1. The number of hydrogen-bond acceptors (Lipinski definition) is 3. The summed E-state index contributed by atoms with van der Waals surface area (Å²) in [5, 5.41) is 6.73. The Labute approximate surface area is 126 Å². The molecule has 0 spiro atoms. The van der Waals surface area contributed by atoms with Crippen molar-refractivity contribution < 1.29 is 0 Å². The van der Waals surface area contributed by atoms with Gasteiger partial charge in [0, 0.05) is 20.6 Å². The van der Waals surface area contributed by atoms with Crippen LogP contribution in [0.25, 0.3) is 10.6 Å². The first-order valence-electron chi connectivity index (χ1n) is 6.15. The van der Waals surface area contributed by atoms with E-state index in [1.54, 1.807) is 11.3 Å². The second-order valence-corrected chi connectivity index (χ2v) is 6.37. The first-order valence-corrected chi connectivity index (χ1v) is 8.11. The van der Waals surface area contributed by atoms with Gasteiger partial charge in [0.25, 0.3) is 0 Å². The Kier molecular flexibility index (Phi) is 5.14. The van der Waals surface area contributed by atoms with Crippen molar-refractivity contribution in [2.75, 3.05) is 6.54 Å². The fourth-order valence-electron chi connectivity index (χ4n) is 1.70. The Morgan fingerprint density at radius 2 is 2.28 bits per heavy atom. The van der Waals surface area contributed by atoms with Gasteiger partial charge in [-0.3, -0.25) is 0 Å². The van der Waals surface area contributed by atoms with E-state index in [2.05, 4.69) is 71.4 Å². The van der Waals surface area contributed by atoms with E-state index in [1.165, 1.54) is 9.13 Å². The van der Waals surface area contributed by atoms with Crippen LogP contribution < -0.4 is 5.32 Å². The minimum absolute atomic E-state index is 0.331. The van der Waals surface area contributed by atoms with Crippen molar-refractivity contribution in [1.29, 1.82) is 0 Å². The van der Waals surface area contributed by atoms with Crippen molar-refractivity contribution in [2.24, 2.45) is 0 Å². The quantitative estimate of drug-likeness (QED) is 0.784. The molecule has 0 radical (unpaired) electrons. The fourth-order valence-corrected chi connectivity index (χ4v) is 3.16. The second-order valence-electron chi connectivity index (χ2n) is 4.26. The van der Waals surface area contributed by atoms with Crippen LogP contribution in [0.3, 0.4) is 0 Å².